The van der Waals surface area contributed by atoms with Crippen LogP contribution >= 0.6 is 0 Å². The molecule has 0 radical (unpaired) electrons. The van der Waals surface area contributed by atoms with Crippen molar-refractivity contribution < 1.29 is 19.2 Å². The standard InChI is InChI=1S/C22H12O2.C14H8O2/c23-21-17-9-13-5-1-2-6-14(13)10-18(17)22(24)20-12-16-8-4-3-7-15(16)11-19(20)21;15-13-9-5-1-2-6-10(9)14(16)12-8-4-3-7-11(12)13/h1-12H;1-8H. The molecule has 2 aliphatic rings. The number of carbonyl (C=O) groups is 4. The molecule has 2 aliphatic carbocycles. The molecule has 0 aliphatic heterocycles. The maximum atomic E-state index is 13.0. The maximum absolute atomic E-state index is 13.0. The molecule has 0 atom stereocenters. The largest absolute Gasteiger partial charge is 0.289 e. The van der Waals surface area contributed by atoms with E-state index in [9.17, 15) is 19.2 Å². The Morgan fingerprint density at radius 2 is 0.450 bits per heavy atom. The fourth-order valence-electron chi connectivity index (χ4n) is 5.57. The maximum Gasteiger partial charge on any atom is 0.194 e. The summed E-state index contributed by atoms with van der Waals surface area (Å²) >= 11 is 0. The van der Waals surface area contributed by atoms with Crippen LogP contribution in [0.5, 0.6) is 0 Å². The van der Waals surface area contributed by atoms with Crippen molar-refractivity contribution in [3.8, 4) is 0 Å². The Labute approximate surface area is 229 Å². The second-order valence-corrected chi connectivity index (χ2v) is 9.90. The van der Waals surface area contributed by atoms with Gasteiger partial charge in [0.25, 0.3) is 0 Å². The average molecular weight is 517 g/mol. The molecule has 0 bridgehead atoms. The highest BCUT2D eigenvalue weighted by Crippen LogP contribution is 2.33. The zero-order valence-corrected chi connectivity index (χ0v) is 21.2. The first-order chi connectivity index (χ1) is 19.5. The lowest BCUT2D eigenvalue weighted by atomic mass is 9.81. The van der Waals surface area contributed by atoms with Crippen LogP contribution in [0.4, 0.5) is 0 Å². The van der Waals surface area contributed by atoms with Crippen LogP contribution < -0.4 is 0 Å². The minimum Gasteiger partial charge on any atom is -0.289 e. The molecule has 0 fully saturated rings. The van der Waals surface area contributed by atoms with Crippen molar-refractivity contribution in [2.75, 3.05) is 0 Å². The predicted octanol–water partition coefficient (Wildman–Crippen LogP) is 7.23. The Balaban J connectivity index is 0.000000144. The van der Waals surface area contributed by atoms with Gasteiger partial charge in [-0.1, -0.05) is 97.1 Å². The van der Waals surface area contributed by atoms with E-state index in [4.69, 9.17) is 0 Å². The SMILES string of the molecule is O=C1c2cc3ccccc3cc2C(=O)c2cc3ccccc3cc21.O=C1c2ccccc2C(=O)c2ccccc21. The Morgan fingerprint density at radius 1 is 0.250 bits per heavy atom. The Kier molecular flexibility index (Phi) is 5.36. The molecule has 40 heavy (non-hydrogen) atoms. The van der Waals surface area contributed by atoms with Crippen LogP contribution in [-0.2, 0) is 0 Å². The second kappa shape index (κ2) is 9.07. The van der Waals surface area contributed by atoms with E-state index in [-0.39, 0.29) is 23.1 Å². The van der Waals surface area contributed by atoms with Gasteiger partial charge in [-0.3, -0.25) is 19.2 Å². The zero-order chi connectivity index (χ0) is 27.4. The topological polar surface area (TPSA) is 68.3 Å². The Bertz CT molecular complexity index is 1790. The summed E-state index contributed by atoms with van der Waals surface area (Å²) in [5.41, 5.74) is 4.03. The molecular formula is C36H20O4. The quantitative estimate of drug-likeness (QED) is 0.213. The smallest absolute Gasteiger partial charge is 0.194 e. The van der Waals surface area contributed by atoms with E-state index in [1.165, 1.54) is 0 Å². The first-order valence-electron chi connectivity index (χ1n) is 12.9. The van der Waals surface area contributed by atoms with Crippen molar-refractivity contribution in [1.29, 1.82) is 0 Å². The Hall–Kier alpha value is -5.48. The third kappa shape index (κ3) is 3.62. The van der Waals surface area contributed by atoms with Gasteiger partial charge in [-0.15, -0.1) is 0 Å². The second-order valence-electron chi connectivity index (χ2n) is 9.90. The summed E-state index contributed by atoms with van der Waals surface area (Å²) in [6.07, 6.45) is 0. The summed E-state index contributed by atoms with van der Waals surface area (Å²) < 4.78 is 0. The summed E-state index contributed by atoms with van der Waals surface area (Å²) in [5, 5.41) is 3.89. The third-order valence-electron chi connectivity index (χ3n) is 7.58. The summed E-state index contributed by atoms with van der Waals surface area (Å²) in [5.74, 6) is -0.274. The summed E-state index contributed by atoms with van der Waals surface area (Å²) in [6, 6.07) is 36.8. The molecule has 188 valence electrons. The van der Waals surface area contributed by atoms with Crippen LogP contribution in [0.25, 0.3) is 21.5 Å². The van der Waals surface area contributed by atoms with Crippen molar-refractivity contribution in [3.05, 3.63) is 166 Å². The highest BCUT2D eigenvalue weighted by molar-refractivity contribution is 6.31. The molecule has 4 nitrogen and oxygen atoms in total. The molecule has 6 aromatic rings. The van der Waals surface area contributed by atoms with Gasteiger partial charge in [0.15, 0.2) is 23.1 Å². The van der Waals surface area contributed by atoms with Crippen molar-refractivity contribution in [2.45, 2.75) is 0 Å². The van der Waals surface area contributed by atoms with Gasteiger partial charge in [-0.2, -0.15) is 0 Å². The van der Waals surface area contributed by atoms with Gasteiger partial charge in [-0.05, 0) is 45.8 Å². The van der Waals surface area contributed by atoms with E-state index in [0.717, 1.165) is 21.5 Å². The average Bonchev–Trinajstić information content (AvgIpc) is 3.01. The van der Waals surface area contributed by atoms with Crippen LogP contribution in [0.15, 0.2) is 121 Å². The number of ketones is 4. The summed E-state index contributed by atoms with van der Waals surface area (Å²) in [6.45, 7) is 0. The first kappa shape index (κ1) is 23.6. The highest BCUT2D eigenvalue weighted by Gasteiger charge is 2.30. The predicted molar refractivity (Wildman–Crippen MR) is 155 cm³/mol. The molecule has 0 N–H and O–H groups in total. The van der Waals surface area contributed by atoms with Crippen molar-refractivity contribution in [2.24, 2.45) is 0 Å². The molecule has 4 heteroatoms. The number of rotatable bonds is 0. The van der Waals surface area contributed by atoms with Crippen molar-refractivity contribution in [3.63, 3.8) is 0 Å². The lowest BCUT2D eigenvalue weighted by Gasteiger charge is -2.19. The molecule has 0 saturated carbocycles. The molecule has 0 heterocycles. The highest BCUT2D eigenvalue weighted by atomic mass is 16.1. The molecule has 0 saturated heterocycles. The summed E-state index contributed by atoms with van der Waals surface area (Å²) in [4.78, 5) is 50.2. The summed E-state index contributed by atoms with van der Waals surface area (Å²) in [7, 11) is 0. The van der Waals surface area contributed by atoms with Gasteiger partial charge in [0.1, 0.15) is 0 Å². The number of hydrogen-bond acceptors (Lipinski definition) is 4. The van der Waals surface area contributed by atoms with Crippen molar-refractivity contribution >= 4 is 44.7 Å². The molecule has 0 spiro atoms. The lowest BCUT2D eigenvalue weighted by molar-refractivity contribution is 0.0979. The minimum absolute atomic E-state index is 0.0641. The van der Waals surface area contributed by atoms with Gasteiger partial charge >= 0.3 is 0 Å². The normalized spacial score (nSPS) is 13.2. The van der Waals surface area contributed by atoms with Crippen LogP contribution in [0.2, 0.25) is 0 Å². The number of carbonyl (C=O) groups excluding carboxylic acids is 4. The lowest BCUT2D eigenvalue weighted by Crippen LogP contribution is -2.20. The number of benzene rings is 6. The molecule has 0 unspecified atom stereocenters. The molecule has 8 rings (SSSR count). The van der Waals surface area contributed by atoms with Crippen LogP contribution in [-0.4, -0.2) is 23.1 Å². The zero-order valence-electron chi connectivity index (χ0n) is 21.2. The van der Waals surface area contributed by atoms with E-state index in [1.807, 2.05) is 72.8 Å². The van der Waals surface area contributed by atoms with E-state index in [1.54, 1.807) is 48.5 Å². The number of hydrogen-bond donors (Lipinski definition) is 0. The molecular weight excluding hydrogens is 496 g/mol. The van der Waals surface area contributed by atoms with Crippen LogP contribution in [0.3, 0.4) is 0 Å². The van der Waals surface area contributed by atoms with Gasteiger partial charge < -0.3 is 0 Å². The monoisotopic (exact) mass is 516 g/mol. The van der Waals surface area contributed by atoms with Crippen LogP contribution in [0, 0.1) is 0 Å². The minimum atomic E-state index is -0.0730. The van der Waals surface area contributed by atoms with E-state index < -0.39 is 0 Å². The molecule has 0 aromatic heterocycles. The van der Waals surface area contributed by atoms with Gasteiger partial charge in [-0.25, -0.2) is 0 Å². The molecule has 0 amide bonds. The van der Waals surface area contributed by atoms with Gasteiger partial charge in [0.05, 0.1) is 0 Å². The fourth-order valence-corrected chi connectivity index (χ4v) is 5.57. The van der Waals surface area contributed by atoms with Gasteiger partial charge in [0, 0.05) is 44.5 Å². The molecule has 6 aromatic carbocycles. The fraction of sp³-hybridized carbons (Fsp3) is 0. The van der Waals surface area contributed by atoms with E-state index in [2.05, 4.69) is 0 Å². The van der Waals surface area contributed by atoms with E-state index >= 15 is 0 Å². The van der Waals surface area contributed by atoms with Crippen LogP contribution in [0.1, 0.15) is 63.7 Å². The van der Waals surface area contributed by atoms with Crippen molar-refractivity contribution in [1.82, 2.24) is 0 Å². The Morgan fingerprint density at radius 3 is 0.700 bits per heavy atom. The number of fused-ring (bicyclic) bond motifs is 6. The third-order valence-corrected chi connectivity index (χ3v) is 7.58. The first-order valence-corrected chi connectivity index (χ1v) is 12.9. The van der Waals surface area contributed by atoms with E-state index in [0.29, 0.717) is 44.5 Å². The van der Waals surface area contributed by atoms with Gasteiger partial charge in [0.2, 0.25) is 0 Å².